The molecule has 3 aliphatic rings. The molecule has 0 aromatic heterocycles. The molecule has 3 aliphatic heterocycles. The second kappa shape index (κ2) is 8.37. The summed E-state index contributed by atoms with van der Waals surface area (Å²) in [6, 6.07) is -2.46. The molecule has 0 bridgehead atoms. The number of rotatable bonds is 5. The Bertz CT molecular complexity index is 631. The van der Waals surface area contributed by atoms with Crippen molar-refractivity contribution in [2.45, 2.75) is 61.1 Å². The minimum Gasteiger partial charge on any atom is -0.469 e. The summed E-state index contributed by atoms with van der Waals surface area (Å²) in [6.07, 6.45) is -13.0. The molecular formula is C16H25NO12. The second-order valence-electron chi connectivity index (χ2n) is 7.27. The number of aliphatic hydroxyl groups is 7. The predicted octanol–water partition coefficient (Wildman–Crippen LogP) is -5.73. The first-order valence-corrected chi connectivity index (χ1v) is 9.02. The van der Waals surface area contributed by atoms with E-state index in [0.717, 1.165) is 12.0 Å². The maximum atomic E-state index is 12.9. The first-order valence-electron chi connectivity index (χ1n) is 9.02. The first kappa shape index (κ1) is 22.3. The molecule has 29 heavy (non-hydrogen) atoms. The molecule has 0 aromatic rings. The molecule has 11 atom stereocenters. The van der Waals surface area contributed by atoms with Gasteiger partial charge in [-0.1, -0.05) is 0 Å². The standard InChI is InChI=1S/C16H25NO12/c1-27-15(26)6-7-10(22)8(20)4(2-18)17(7)14(25)13(6)29-16-12(24)11(23)9(21)5(3-19)28-16/h4-13,16,18-24H,2-3H2,1H3/t4-,5-,6+,7-,8-,9-,10-,11+,12-,13-,16-/m1/s1. The summed E-state index contributed by atoms with van der Waals surface area (Å²) in [4.78, 5) is 26.2. The number of esters is 1. The summed E-state index contributed by atoms with van der Waals surface area (Å²) < 4.78 is 15.3. The van der Waals surface area contributed by atoms with E-state index in [1.54, 1.807) is 0 Å². The Balaban J connectivity index is 1.90. The quantitative estimate of drug-likeness (QED) is 0.207. The van der Waals surface area contributed by atoms with Crippen LogP contribution in [-0.2, 0) is 23.8 Å². The van der Waals surface area contributed by atoms with Crippen molar-refractivity contribution in [1.82, 2.24) is 4.90 Å². The monoisotopic (exact) mass is 423 g/mol. The van der Waals surface area contributed by atoms with Crippen molar-refractivity contribution in [3.63, 3.8) is 0 Å². The molecule has 0 aromatic carbocycles. The van der Waals surface area contributed by atoms with Gasteiger partial charge in [0.2, 0.25) is 0 Å². The molecule has 1 amide bonds. The normalized spacial score (nSPS) is 47.4. The number of carbonyl (C=O) groups is 2. The number of nitrogens with zero attached hydrogens (tertiary/aromatic N) is 1. The number of fused-ring (bicyclic) bond motifs is 1. The molecule has 0 saturated carbocycles. The summed E-state index contributed by atoms with van der Waals surface area (Å²) in [6.45, 7) is -1.42. The van der Waals surface area contributed by atoms with Crippen LogP contribution in [0.1, 0.15) is 0 Å². The van der Waals surface area contributed by atoms with E-state index in [2.05, 4.69) is 4.74 Å². The van der Waals surface area contributed by atoms with Gasteiger partial charge in [0.1, 0.15) is 42.5 Å². The van der Waals surface area contributed by atoms with E-state index in [-0.39, 0.29) is 0 Å². The summed E-state index contributed by atoms with van der Waals surface area (Å²) >= 11 is 0. The molecule has 0 unspecified atom stereocenters. The number of ether oxygens (including phenoxy) is 3. The zero-order valence-electron chi connectivity index (χ0n) is 15.4. The molecule has 7 N–H and O–H groups in total. The van der Waals surface area contributed by atoms with Gasteiger partial charge in [-0.05, 0) is 0 Å². The van der Waals surface area contributed by atoms with Gasteiger partial charge in [-0.3, -0.25) is 9.59 Å². The summed E-state index contributed by atoms with van der Waals surface area (Å²) in [5.41, 5.74) is 0. The molecule has 3 rings (SSSR count). The third-order valence-corrected chi connectivity index (χ3v) is 5.75. The summed E-state index contributed by atoms with van der Waals surface area (Å²) in [7, 11) is 1.04. The number of aliphatic hydroxyl groups excluding tert-OH is 7. The lowest BCUT2D eigenvalue weighted by Gasteiger charge is -2.40. The fraction of sp³-hybridized carbons (Fsp3) is 0.875. The van der Waals surface area contributed by atoms with Crippen LogP contribution in [0.3, 0.4) is 0 Å². The van der Waals surface area contributed by atoms with Crippen LogP contribution in [-0.4, -0.2) is 134 Å². The number of hydrogen-bond acceptors (Lipinski definition) is 12. The van der Waals surface area contributed by atoms with E-state index >= 15 is 0 Å². The predicted molar refractivity (Wildman–Crippen MR) is 87.7 cm³/mol. The van der Waals surface area contributed by atoms with Crippen LogP contribution >= 0.6 is 0 Å². The number of hydrogen-bond donors (Lipinski definition) is 7. The number of methoxy groups -OCH3 is 1. The molecule has 0 spiro atoms. The third kappa shape index (κ3) is 3.41. The van der Waals surface area contributed by atoms with Crippen LogP contribution in [0.2, 0.25) is 0 Å². The van der Waals surface area contributed by atoms with Crippen molar-refractivity contribution in [2.24, 2.45) is 5.92 Å². The van der Waals surface area contributed by atoms with E-state index in [4.69, 9.17) is 9.47 Å². The Labute approximate surface area is 164 Å². The van der Waals surface area contributed by atoms with Crippen LogP contribution in [0.4, 0.5) is 0 Å². The highest BCUT2D eigenvalue weighted by atomic mass is 16.7. The van der Waals surface area contributed by atoms with Crippen molar-refractivity contribution >= 4 is 11.9 Å². The van der Waals surface area contributed by atoms with E-state index < -0.39 is 92.1 Å². The van der Waals surface area contributed by atoms with Crippen molar-refractivity contribution in [3.8, 4) is 0 Å². The highest BCUT2D eigenvalue weighted by Gasteiger charge is 2.64. The van der Waals surface area contributed by atoms with Crippen molar-refractivity contribution < 1.29 is 59.5 Å². The number of carbonyl (C=O) groups excluding carboxylic acids is 2. The van der Waals surface area contributed by atoms with E-state index in [0.29, 0.717) is 0 Å². The molecule has 13 nitrogen and oxygen atoms in total. The van der Waals surface area contributed by atoms with Gasteiger partial charge in [-0.25, -0.2) is 0 Å². The Morgan fingerprint density at radius 2 is 1.66 bits per heavy atom. The molecule has 3 heterocycles. The van der Waals surface area contributed by atoms with Gasteiger partial charge in [0.05, 0.1) is 32.4 Å². The van der Waals surface area contributed by atoms with Gasteiger partial charge in [0.15, 0.2) is 12.4 Å². The molecular weight excluding hydrogens is 398 g/mol. The fourth-order valence-corrected chi connectivity index (χ4v) is 4.22. The van der Waals surface area contributed by atoms with Crippen molar-refractivity contribution in [1.29, 1.82) is 0 Å². The minimum atomic E-state index is -1.82. The maximum Gasteiger partial charge on any atom is 0.314 e. The highest BCUT2D eigenvalue weighted by Crippen LogP contribution is 2.41. The Morgan fingerprint density at radius 1 is 1.00 bits per heavy atom. The lowest BCUT2D eigenvalue weighted by molar-refractivity contribution is -0.310. The molecule has 3 saturated heterocycles. The zero-order valence-corrected chi connectivity index (χ0v) is 15.4. The highest BCUT2D eigenvalue weighted by molar-refractivity contribution is 5.92. The van der Waals surface area contributed by atoms with E-state index in [9.17, 15) is 45.3 Å². The van der Waals surface area contributed by atoms with Gasteiger partial charge >= 0.3 is 5.97 Å². The smallest absolute Gasteiger partial charge is 0.314 e. The third-order valence-electron chi connectivity index (χ3n) is 5.75. The van der Waals surface area contributed by atoms with Gasteiger partial charge in [0, 0.05) is 0 Å². The van der Waals surface area contributed by atoms with E-state index in [1.807, 2.05) is 0 Å². The van der Waals surface area contributed by atoms with Gasteiger partial charge in [0.25, 0.3) is 5.91 Å². The average molecular weight is 423 g/mol. The summed E-state index contributed by atoms with van der Waals surface area (Å²) in [5, 5.41) is 69.0. The molecule has 166 valence electrons. The maximum absolute atomic E-state index is 12.9. The van der Waals surface area contributed by atoms with Crippen LogP contribution in [0.5, 0.6) is 0 Å². The summed E-state index contributed by atoms with van der Waals surface area (Å²) in [5.74, 6) is -3.27. The molecule has 13 heteroatoms. The lowest BCUT2D eigenvalue weighted by Crippen LogP contribution is -2.60. The van der Waals surface area contributed by atoms with Gasteiger partial charge in [-0.15, -0.1) is 0 Å². The van der Waals surface area contributed by atoms with E-state index in [1.165, 1.54) is 0 Å². The first-order chi connectivity index (χ1) is 13.7. The molecule has 3 fully saturated rings. The minimum absolute atomic E-state index is 0.693. The lowest BCUT2D eigenvalue weighted by atomic mass is 9.92. The Morgan fingerprint density at radius 3 is 2.21 bits per heavy atom. The van der Waals surface area contributed by atoms with Crippen molar-refractivity contribution in [3.05, 3.63) is 0 Å². The van der Waals surface area contributed by atoms with Crippen LogP contribution < -0.4 is 0 Å². The average Bonchev–Trinajstić information content (AvgIpc) is 3.13. The Hall–Kier alpha value is -1.42. The fourth-order valence-electron chi connectivity index (χ4n) is 4.22. The van der Waals surface area contributed by atoms with Crippen LogP contribution in [0, 0.1) is 5.92 Å². The molecule has 0 radical (unpaired) electrons. The zero-order chi connectivity index (χ0) is 21.6. The van der Waals surface area contributed by atoms with Gasteiger partial charge < -0.3 is 54.9 Å². The molecule has 0 aliphatic carbocycles. The van der Waals surface area contributed by atoms with Crippen molar-refractivity contribution in [2.75, 3.05) is 20.3 Å². The topological polar surface area (TPSA) is 207 Å². The largest absolute Gasteiger partial charge is 0.469 e. The van der Waals surface area contributed by atoms with Gasteiger partial charge in [-0.2, -0.15) is 0 Å². The number of amides is 1. The Kier molecular flexibility index (Phi) is 6.43. The van der Waals surface area contributed by atoms with Crippen LogP contribution in [0.15, 0.2) is 0 Å². The van der Waals surface area contributed by atoms with Crippen LogP contribution in [0.25, 0.3) is 0 Å². The SMILES string of the molecule is COC(=O)[C@H]1[C@@H]2[C@@H](O)[C@H](O)[C@@H](CO)N2C(=O)[C@@H]1O[C@H]1O[C@H](CO)[C@@H](O)[C@H](O)[C@H]1O. The second-order valence-corrected chi connectivity index (χ2v) is 7.27.